The van der Waals surface area contributed by atoms with Crippen LogP contribution in [0.15, 0.2) is 48.5 Å². The molecule has 147 valence electrons. The van der Waals surface area contributed by atoms with Crippen LogP contribution in [0.1, 0.15) is 21.5 Å². The molecule has 4 aromatic rings. The molecule has 3 aromatic carbocycles. The van der Waals surface area contributed by atoms with Crippen molar-refractivity contribution in [1.29, 1.82) is 0 Å². The molecule has 1 amide bonds. The Hall–Kier alpha value is -3.42. The maximum absolute atomic E-state index is 13.9. The smallest absolute Gasteiger partial charge is 0.366 e. The van der Waals surface area contributed by atoms with Crippen LogP contribution in [0.4, 0.5) is 22.0 Å². The summed E-state index contributed by atoms with van der Waals surface area (Å²) < 4.78 is 69.0. The van der Waals surface area contributed by atoms with Crippen LogP contribution < -0.4 is 5.73 Å². The van der Waals surface area contributed by atoms with Crippen LogP contribution in [-0.4, -0.2) is 10.5 Å². The molecular weight excluding hydrogens is 391 g/mol. The number of halogens is 5. The molecule has 0 aliphatic carbocycles. The van der Waals surface area contributed by atoms with Crippen molar-refractivity contribution in [2.75, 3.05) is 0 Å². The number of nitrogens with two attached hydrogens (primary N) is 1. The molecule has 8 heteroatoms. The highest BCUT2D eigenvalue weighted by Crippen LogP contribution is 2.36. The molecule has 1 aromatic heterocycles. The normalized spacial score (nSPS) is 12.0. The van der Waals surface area contributed by atoms with Gasteiger partial charge < -0.3 is 10.3 Å². The first-order chi connectivity index (χ1) is 13.7. The third-order valence-electron chi connectivity index (χ3n) is 4.73. The minimum atomic E-state index is -4.77. The van der Waals surface area contributed by atoms with E-state index in [1.165, 1.54) is 16.7 Å². The number of amides is 1. The summed E-state index contributed by atoms with van der Waals surface area (Å²) in [6, 6.07) is 11.9. The van der Waals surface area contributed by atoms with Crippen LogP contribution in [0.2, 0.25) is 0 Å². The van der Waals surface area contributed by atoms with Crippen molar-refractivity contribution in [1.82, 2.24) is 4.57 Å². The second-order valence-electron chi connectivity index (χ2n) is 6.53. The van der Waals surface area contributed by atoms with Crippen LogP contribution in [-0.2, 0) is 12.7 Å². The molecule has 0 saturated heterocycles. The third kappa shape index (κ3) is 3.20. The van der Waals surface area contributed by atoms with E-state index in [4.69, 9.17) is 5.73 Å². The van der Waals surface area contributed by atoms with Crippen molar-refractivity contribution >= 4 is 27.7 Å². The lowest BCUT2D eigenvalue weighted by Crippen LogP contribution is -2.13. The Balaban J connectivity index is 2.03. The molecule has 3 nitrogen and oxygen atoms in total. The quantitative estimate of drug-likeness (QED) is 0.479. The highest BCUT2D eigenvalue weighted by Gasteiger charge is 2.34. The number of rotatable bonds is 3. The molecule has 1 heterocycles. The first kappa shape index (κ1) is 18.9. The topological polar surface area (TPSA) is 48.0 Å². The van der Waals surface area contributed by atoms with Gasteiger partial charge in [0.15, 0.2) is 0 Å². The summed E-state index contributed by atoms with van der Waals surface area (Å²) in [6.45, 7) is -0.325. The lowest BCUT2D eigenvalue weighted by molar-refractivity contribution is -0.138. The van der Waals surface area contributed by atoms with Crippen LogP contribution in [0.3, 0.4) is 0 Å². The van der Waals surface area contributed by atoms with Gasteiger partial charge in [0.25, 0.3) is 0 Å². The van der Waals surface area contributed by atoms with Crippen molar-refractivity contribution in [2.45, 2.75) is 12.7 Å². The summed E-state index contributed by atoms with van der Waals surface area (Å²) in [5.41, 5.74) is 4.87. The van der Waals surface area contributed by atoms with Crippen LogP contribution >= 0.6 is 0 Å². The minimum Gasteiger partial charge on any atom is -0.366 e. The van der Waals surface area contributed by atoms with Crippen molar-refractivity contribution in [2.24, 2.45) is 5.73 Å². The van der Waals surface area contributed by atoms with E-state index in [2.05, 4.69) is 6.07 Å². The van der Waals surface area contributed by atoms with Crippen molar-refractivity contribution in [3.05, 3.63) is 82.9 Å². The first-order valence-corrected chi connectivity index (χ1v) is 8.44. The number of carbonyl (C=O) groups is 1. The zero-order valence-corrected chi connectivity index (χ0v) is 14.6. The summed E-state index contributed by atoms with van der Waals surface area (Å²) in [7, 11) is 0. The van der Waals surface area contributed by atoms with Crippen molar-refractivity contribution in [3.8, 4) is 0 Å². The highest BCUT2D eigenvalue weighted by atomic mass is 19.4. The van der Waals surface area contributed by atoms with E-state index in [0.717, 1.165) is 24.3 Å². The van der Waals surface area contributed by atoms with Gasteiger partial charge in [0.2, 0.25) is 5.91 Å². The fourth-order valence-corrected chi connectivity index (χ4v) is 3.53. The zero-order valence-electron chi connectivity index (χ0n) is 14.6. The van der Waals surface area contributed by atoms with E-state index in [1.807, 2.05) is 0 Å². The molecule has 0 unspecified atom stereocenters. The molecule has 0 aliphatic rings. The summed E-state index contributed by atoms with van der Waals surface area (Å²) in [5.74, 6) is -2.39. The van der Waals surface area contributed by atoms with Gasteiger partial charge in [0, 0.05) is 22.9 Å². The fourth-order valence-electron chi connectivity index (χ4n) is 3.53. The predicted octanol–water partition coefficient (Wildman–Crippen LogP) is 5.04. The van der Waals surface area contributed by atoms with Gasteiger partial charge in [-0.1, -0.05) is 12.1 Å². The average Bonchev–Trinajstić information content (AvgIpc) is 2.95. The largest absolute Gasteiger partial charge is 0.416 e. The molecule has 1 radical (unpaired) electrons. The number of hydrogen-bond acceptors (Lipinski definition) is 1. The van der Waals surface area contributed by atoms with E-state index in [1.54, 1.807) is 6.07 Å². The van der Waals surface area contributed by atoms with Gasteiger partial charge in [0.05, 0.1) is 16.6 Å². The molecule has 0 saturated carbocycles. The van der Waals surface area contributed by atoms with Crippen LogP contribution in [0.5, 0.6) is 0 Å². The number of hydrogen-bond donors (Lipinski definition) is 1. The Morgan fingerprint density at radius 3 is 2.48 bits per heavy atom. The van der Waals surface area contributed by atoms with Gasteiger partial charge in [-0.3, -0.25) is 4.79 Å². The number of aromatic nitrogens is 1. The fraction of sp³-hybridized carbons (Fsp3) is 0.0952. The van der Waals surface area contributed by atoms with E-state index in [-0.39, 0.29) is 23.2 Å². The number of carbonyl (C=O) groups excluding carboxylic acids is 1. The Bertz CT molecular complexity index is 1270. The molecule has 29 heavy (non-hydrogen) atoms. The Labute approximate surface area is 161 Å². The van der Waals surface area contributed by atoms with Gasteiger partial charge in [0.1, 0.15) is 11.6 Å². The molecule has 0 fully saturated rings. The van der Waals surface area contributed by atoms with E-state index in [0.29, 0.717) is 22.4 Å². The molecule has 0 spiro atoms. The predicted molar refractivity (Wildman–Crippen MR) is 97.3 cm³/mol. The Morgan fingerprint density at radius 2 is 1.79 bits per heavy atom. The molecule has 0 bridgehead atoms. The van der Waals surface area contributed by atoms with Gasteiger partial charge >= 0.3 is 6.18 Å². The number of alkyl halides is 3. The van der Waals surface area contributed by atoms with Crippen molar-refractivity contribution < 1.29 is 26.7 Å². The van der Waals surface area contributed by atoms with Crippen LogP contribution in [0.25, 0.3) is 21.8 Å². The third-order valence-corrected chi connectivity index (χ3v) is 4.73. The summed E-state index contributed by atoms with van der Waals surface area (Å²) in [4.78, 5) is 11.9. The Morgan fingerprint density at radius 1 is 1.03 bits per heavy atom. The summed E-state index contributed by atoms with van der Waals surface area (Å²) >= 11 is 0. The maximum Gasteiger partial charge on any atom is 0.416 e. The minimum absolute atomic E-state index is 0.143. The number of nitrogens with zero attached hydrogens (tertiary/aromatic N) is 1. The second kappa shape index (κ2) is 6.58. The van der Waals surface area contributed by atoms with Crippen LogP contribution in [0, 0.1) is 17.7 Å². The van der Waals surface area contributed by atoms with Gasteiger partial charge in [-0.15, -0.1) is 0 Å². The lowest BCUT2D eigenvalue weighted by Gasteiger charge is -2.15. The molecular formula is C21H12F5N2O. The summed E-state index contributed by atoms with van der Waals surface area (Å²) in [6.07, 6.45) is -4.77. The number of fused-ring (bicyclic) bond motifs is 3. The monoisotopic (exact) mass is 403 g/mol. The SMILES string of the molecule is NC(=O)c1cccc2c1c1[c]cc(F)cc1n2Cc1ccc(F)cc1C(F)(F)F. The zero-order chi connectivity index (χ0) is 20.9. The molecule has 4 rings (SSSR count). The maximum atomic E-state index is 13.9. The van der Waals surface area contributed by atoms with E-state index < -0.39 is 29.3 Å². The lowest BCUT2D eigenvalue weighted by atomic mass is 10.1. The average molecular weight is 403 g/mol. The Kier molecular flexibility index (Phi) is 4.29. The van der Waals surface area contributed by atoms with Crippen molar-refractivity contribution in [3.63, 3.8) is 0 Å². The molecule has 0 aliphatic heterocycles. The highest BCUT2D eigenvalue weighted by molar-refractivity contribution is 6.17. The first-order valence-electron chi connectivity index (χ1n) is 8.44. The summed E-state index contributed by atoms with van der Waals surface area (Å²) in [5, 5.41) is 0.720. The number of primary amides is 1. The van der Waals surface area contributed by atoms with Gasteiger partial charge in [-0.2, -0.15) is 13.2 Å². The molecule has 0 atom stereocenters. The number of benzene rings is 3. The van der Waals surface area contributed by atoms with E-state index >= 15 is 0 Å². The van der Waals surface area contributed by atoms with Gasteiger partial charge in [-0.25, -0.2) is 8.78 Å². The standard InChI is InChI=1S/C21H12F5N2O/c22-12-5-4-11(16(8-12)21(24,25)26)10-28-17-3-1-2-15(20(27)29)19(17)14-7-6-13(23)9-18(14)28/h1-6,8-9H,10H2,(H2,27,29). The van der Waals surface area contributed by atoms with E-state index in [9.17, 15) is 26.7 Å². The van der Waals surface area contributed by atoms with Gasteiger partial charge in [-0.05, 0) is 48.0 Å². The molecule has 2 N–H and O–H groups in total. The second-order valence-corrected chi connectivity index (χ2v) is 6.53.